The highest BCUT2D eigenvalue weighted by molar-refractivity contribution is 5.53. The van der Waals surface area contributed by atoms with Crippen LogP contribution in [0, 0.1) is 51.8 Å². The third kappa shape index (κ3) is 4.53. The molecular weight excluding hydrogens is 436 g/mol. The quantitative estimate of drug-likeness (QED) is 0.168. The number of hydrogen-bond acceptors (Lipinski definition) is 1. The minimum absolute atomic E-state index is 0.327. The molecule has 0 N–H and O–H groups in total. The van der Waals surface area contributed by atoms with E-state index in [4.69, 9.17) is 0 Å². The average molecular weight is 493 g/mol. The highest BCUT2D eigenvalue weighted by atomic mass is 16.1. The maximum Gasteiger partial charge on any atom is 0.123 e. The van der Waals surface area contributed by atoms with Gasteiger partial charge in [0.15, 0.2) is 0 Å². The molecule has 4 aliphatic carbocycles. The first-order valence-electron chi connectivity index (χ1n) is 15.7. The molecule has 0 radical (unpaired) electrons. The summed E-state index contributed by atoms with van der Waals surface area (Å²) in [4.78, 5) is 11.7. The van der Waals surface area contributed by atoms with Crippen molar-refractivity contribution < 1.29 is 4.79 Å². The van der Waals surface area contributed by atoms with Gasteiger partial charge in [0.2, 0.25) is 0 Å². The molecule has 4 aliphatic rings. The van der Waals surface area contributed by atoms with Crippen molar-refractivity contribution in [3.63, 3.8) is 0 Å². The molecule has 1 heteroatoms. The van der Waals surface area contributed by atoms with Crippen LogP contribution in [-0.4, -0.2) is 6.29 Å². The van der Waals surface area contributed by atoms with Crippen LogP contribution >= 0.6 is 0 Å². The molecule has 4 rings (SSSR count). The van der Waals surface area contributed by atoms with E-state index in [9.17, 15) is 4.79 Å². The highest BCUT2D eigenvalue weighted by Gasteiger charge is 2.67. The third-order valence-electron chi connectivity index (χ3n) is 13.0. The van der Waals surface area contributed by atoms with E-state index >= 15 is 0 Å². The number of unbranched alkanes of at least 4 members (excludes halogenated alkanes) is 1. The van der Waals surface area contributed by atoms with E-state index in [1.54, 1.807) is 0 Å². The Labute approximate surface area is 223 Å². The normalized spacial score (nSPS) is 44.6. The second-order valence-electron chi connectivity index (χ2n) is 13.8. The van der Waals surface area contributed by atoms with Gasteiger partial charge in [0, 0.05) is 5.92 Å². The van der Waals surface area contributed by atoms with Crippen LogP contribution in [0.15, 0.2) is 36.5 Å². The lowest BCUT2D eigenvalue weighted by atomic mass is 9.38. The zero-order valence-corrected chi connectivity index (χ0v) is 24.4. The zero-order chi connectivity index (χ0) is 26.0. The van der Waals surface area contributed by atoms with Gasteiger partial charge in [0.25, 0.3) is 0 Å². The molecule has 36 heavy (non-hydrogen) atoms. The first kappa shape index (κ1) is 27.9. The minimum atomic E-state index is 0.327. The van der Waals surface area contributed by atoms with E-state index in [1.165, 1.54) is 95.3 Å². The Morgan fingerprint density at radius 3 is 2.44 bits per heavy atom. The van der Waals surface area contributed by atoms with E-state index in [1.807, 2.05) is 6.08 Å². The molecular formula is C35H56O. The molecule has 0 saturated heterocycles. The predicted molar refractivity (Wildman–Crippen MR) is 155 cm³/mol. The molecule has 0 bridgehead atoms. The van der Waals surface area contributed by atoms with Crippen LogP contribution in [0.4, 0.5) is 0 Å². The Morgan fingerprint density at radius 1 is 0.972 bits per heavy atom. The number of carbonyl (C=O) groups is 1. The summed E-state index contributed by atoms with van der Waals surface area (Å²) in [5, 5.41) is 0. The zero-order valence-electron chi connectivity index (χ0n) is 24.4. The summed E-state index contributed by atoms with van der Waals surface area (Å²) in [7, 11) is 0. The van der Waals surface area contributed by atoms with Gasteiger partial charge in [-0.25, -0.2) is 0 Å². The van der Waals surface area contributed by atoms with Crippen molar-refractivity contribution >= 4 is 6.29 Å². The van der Waals surface area contributed by atoms with Gasteiger partial charge in [-0.3, -0.25) is 0 Å². The van der Waals surface area contributed by atoms with Crippen LogP contribution in [0.25, 0.3) is 0 Å². The van der Waals surface area contributed by atoms with E-state index in [2.05, 4.69) is 59.4 Å². The fourth-order valence-corrected chi connectivity index (χ4v) is 10.9. The number of allylic oxidation sites excluding steroid dienone is 5. The van der Waals surface area contributed by atoms with Gasteiger partial charge in [-0.1, -0.05) is 71.4 Å². The molecule has 9 atom stereocenters. The molecule has 4 fully saturated rings. The van der Waals surface area contributed by atoms with Gasteiger partial charge in [0.05, 0.1) is 0 Å². The second kappa shape index (κ2) is 11.3. The largest absolute Gasteiger partial charge is 0.303 e. The van der Waals surface area contributed by atoms with Crippen LogP contribution in [0.1, 0.15) is 125 Å². The monoisotopic (exact) mass is 492 g/mol. The van der Waals surface area contributed by atoms with Crippen molar-refractivity contribution in [1.29, 1.82) is 0 Å². The molecule has 1 nitrogen and oxygen atoms in total. The Hall–Kier alpha value is -1.11. The van der Waals surface area contributed by atoms with Gasteiger partial charge in [-0.2, -0.15) is 0 Å². The Bertz CT molecular complexity index is 836. The summed E-state index contributed by atoms with van der Waals surface area (Å²) in [5.74, 6) is 4.62. The first-order valence-corrected chi connectivity index (χ1v) is 15.7. The lowest BCUT2D eigenvalue weighted by Gasteiger charge is -2.67. The number of hydrogen-bond donors (Lipinski definition) is 0. The summed E-state index contributed by atoms with van der Waals surface area (Å²) in [6.07, 6.45) is 28.6. The maximum atomic E-state index is 11.7. The van der Waals surface area contributed by atoms with Crippen molar-refractivity contribution in [3.8, 4) is 0 Å². The van der Waals surface area contributed by atoms with Crippen LogP contribution in [0.5, 0.6) is 0 Å². The molecule has 0 aromatic carbocycles. The van der Waals surface area contributed by atoms with E-state index < -0.39 is 0 Å². The Kier molecular flexibility index (Phi) is 8.78. The SMILES string of the molecule is C=C/C(=C\C=C/C)CCCCC1CCC2(CC)C3C[C@H](CC)C4C[C@H](C=O)CCC4(C)C3CCC12C. The fourth-order valence-electron chi connectivity index (χ4n) is 10.9. The minimum Gasteiger partial charge on any atom is -0.303 e. The molecule has 202 valence electrons. The lowest BCUT2D eigenvalue weighted by Crippen LogP contribution is -2.60. The summed E-state index contributed by atoms with van der Waals surface area (Å²) >= 11 is 0. The third-order valence-corrected chi connectivity index (χ3v) is 13.0. The molecule has 0 aromatic heterocycles. The summed E-state index contributed by atoms with van der Waals surface area (Å²) in [6.45, 7) is 16.5. The lowest BCUT2D eigenvalue weighted by molar-refractivity contribution is -0.184. The van der Waals surface area contributed by atoms with Gasteiger partial charge in [0.1, 0.15) is 6.29 Å². The van der Waals surface area contributed by atoms with Crippen LogP contribution < -0.4 is 0 Å². The second-order valence-corrected chi connectivity index (χ2v) is 13.8. The molecule has 7 unspecified atom stereocenters. The number of rotatable bonds is 10. The molecule has 0 aromatic rings. The van der Waals surface area contributed by atoms with Gasteiger partial charge in [-0.15, -0.1) is 0 Å². The van der Waals surface area contributed by atoms with Gasteiger partial charge >= 0.3 is 0 Å². The van der Waals surface area contributed by atoms with E-state index in [0.29, 0.717) is 22.2 Å². The van der Waals surface area contributed by atoms with Crippen LogP contribution in [0.2, 0.25) is 0 Å². The van der Waals surface area contributed by atoms with E-state index in [0.717, 1.165) is 36.0 Å². The fraction of sp³-hybridized carbons (Fsp3) is 0.800. The highest BCUT2D eigenvalue weighted by Crippen LogP contribution is 2.75. The smallest absolute Gasteiger partial charge is 0.123 e. The van der Waals surface area contributed by atoms with Crippen molar-refractivity contribution in [2.24, 2.45) is 51.8 Å². The Balaban J connectivity index is 1.50. The van der Waals surface area contributed by atoms with E-state index in [-0.39, 0.29) is 0 Å². The summed E-state index contributed by atoms with van der Waals surface area (Å²) in [5.41, 5.74) is 2.91. The summed E-state index contributed by atoms with van der Waals surface area (Å²) in [6, 6.07) is 0. The number of fused-ring (bicyclic) bond motifs is 5. The molecule has 0 spiro atoms. The standard InChI is InChI=1S/C35H56O/c1-7-11-14-26(8-2)15-12-13-16-29-18-22-35(10-4)32-24-28(9-3)31-23-27(25-36)17-20-33(31,5)30(32)19-21-34(29,35)6/h7-8,11,14,25,27-32H,2,9-10,12-13,15-24H2,1,3-6H3/b11-7-,26-14+/t27-,28+,29?,30?,31?,32?,33?,34?,35?/m1/s1. The maximum absolute atomic E-state index is 11.7. The topological polar surface area (TPSA) is 17.1 Å². The van der Waals surface area contributed by atoms with Crippen molar-refractivity contribution in [1.82, 2.24) is 0 Å². The van der Waals surface area contributed by atoms with Gasteiger partial charge < -0.3 is 4.79 Å². The van der Waals surface area contributed by atoms with Crippen molar-refractivity contribution in [2.75, 3.05) is 0 Å². The van der Waals surface area contributed by atoms with Gasteiger partial charge in [-0.05, 0) is 135 Å². The van der Waals surface area contributed by atoms with Crippen molar-refractivity contribution in [3.05, 3.63) is 36.5 Å². The molecule has 4 saturated carbocycles. The Morgan fingerprint density at radius 2 is 1.78 bits per heavy atom. The molecule has 0 aliphatic heterocycles. The molecule has 0 amide bonds. The van der Waals surface area contributed by atoms with Crippen LogP contribution in [-0.2, 0) is 4.79 Å². The summed E-state index contributed by atoms with van der Waals surface area (Å²) < 4.78 is 0. The molecule has 0 heterocycles. The average Bonchev–Trinajstić information content (AvgIpc) is 3.19. The van der Waals surface area contributed by atoms with Crippen LogP contribution in [0.3, 0.4) is 0 Å². The predicted octanol–water partition coefficient (Wildman–Crippen LogP) is 10.1. The van der Waals surface area contributed by atoms with Crippen molar-refractivity contribution in [2.45, 2.75) is 125 Å². The first-order chi connectivity index (χ1) is 17.3. The number of carbonyl (C=O) groups excluding carboxylic acids is 1. The number of aldehydes is 1.